The normalized spacial score (nSPS) is 12.4. The van der Waals surface area contributed by atoms with Crippen LogP contribution >= 0.6 is 0 Å². The molecule has 0 aliphatic carbocycles. The van der Waals surface area contributed by atoms with Crippen molar-refractivity contribution in [2.45, 2.75) is 11.1 Å². The van der Waals surface area contributed by atoms with E-state index in [-0.39, 0.29) is 4.90 Å². The molecular weight excluding hydrogens is 273 g/mol. The van der Waals surface area contributed by atoms with Crippen molar-refractivity contribution in [2.24, 2.45) is 5.73 Å². The van der Waals surface area contributed by atoms with Gasteiger partial charge in [-0.3, -0.25) is 4.79 Å². The van der Waals surface area contributed by atoms with Gasteiger partial charge in [0.25, 0.3) is 0 Å². The van der Waals surface area contributed by atoms with Gasteiger partial charge >= 0.3 is 6.18 Å². The van der Waals surface area contributed by atoms with Crippen LogP contribution in [0.1, 0.15) is 5.56 Å². The molecule has 0 aromatic heterocycles. The van der Waals surface area contributed by atoms with Crippen molar-refractivity contribution in [3.63, 3.8) is 0 Å². The molecule has 0 bridgehead atoms. The Morgan fingerprint density at radius 3 is 2.11 bits per heavy atom. The fourth-order valence-corrected chi connectivity index (χ4v) is 2.07. The number of amides is 1. The number of rotatable bonds is 4. The summed E-state index contributed by atoms with van der Waals surface area (Å²) in [6, 6.07) is 2.87. The van der Waals surface area contributed by atoms with Gasteiger partial charge in [-0.1, -0.05) is 0 Å². The van der Waals surface area contributed by atoms with Gasteiger partial charge in [0.1, 0.15) is 0 Å². The van der Waals surface area contributed by atoms with Gasteiger partial charge in [0, 0.05) is 0 Å². The van der Waals surface area contributed by atoms with Gasteiger partial charge in [0.05, 0.1) is 17.0 Å². The monoisotopic (exact) mass is 282 g/mol. The molecule has 0 unspecified atom stereocenters. The second kappa shape index (κ2) is 4.94. The molecule has 0 saturated carbocycles. The van der Waals surface area contributed by atoms with Gasteiger partial charge in [0.15, 0.2) is 0 Å². The number of primary amides is 1. The second-order valence-electron chi connectivity index (χ2n) is 3.31. The first kappa shape index (κ1) is 14.5. The Bertz CT molecular complexity index is 537. The Labute approximate surface area is 101 Å². The number of halogens is 3. The third kappa shape index (κ3) is 3.70. The van der Waals surface area contributed by atoms with Crippen LogP contribution in [0, 0.1) is 0 Å². The molecule has 0 saturated heterocycles. The van der Waals surface area contributed by atoms with Crippen LogP contribution in [0.3, 0.4) is 0 Å². The van der Waals surface area contributed by atoms with E-state index in [0.717, 1.165) is 12.1 Å². The summed E-state index contributed by atoms with van der Waals surface area (Å²) >= 11 is 0. The van der Waals surface area contributed by atoms with E-state index in [2.05, 4.69) is 0 Å². The van der Waals surface area contributed by atoms with Crippen molar-refractivity contribution in [3.05, 3.63) is 29.8 Å². The predicted molar refractivity (Wildman–Crippen MR) is 55.8 cm³/mol. The molecule has 5 nitrogen and oxygen atoms in total. The van der Waals surface area contributed by atoms with Crippen molar-refractivity contribution in [3.8, 4) is 0 Å². The fourth-order valence-electron chi connectivity index (χ4n) is 1.07. The van der Waals surface area contributed by atoms with E-state index in [0.29, 0.717) is 12.1 Å². The molecule has 18 heavy (non-hydrogen) atoms. The topological polar surface area (TPSA) is 89.3 Å². The number of sulfonamides is 1. The van der Waals surface area contributed by atoms with Gasteiger partial charge in [-0.25, -0.2) is 13.1 Å². The Morgan fingerprint density at radius 1 is 1.22 bits per heavy atom. The highest BCUT2D eigenvalue weighted by atomic mass is 32.2. The first-order valence-electron chi connectivity index (χ1n) is 4.58. The summed E-state index contributed by atoms with van der Waals surface area (Å²) in [4.78, 5) is 10.0. The summed E-state index contributed by atoms with van der Waals surface area (Å²) in [6.07, 6.45) is -4.54. The van der Waals surface area contributed by atoms with Crippen LogP contribution in [-0.2, 0) is 21.0 Å². The van der Waals surface area contributed by atoms with Crippen molar-refractivity contribution in [1.29, 1.82) is 0 Å². The van der Waals surface area contributed by atoms with Gasteiger partial charge in [0.2, 0.25) is 15.9 Å². The lowest BCUT2D eigenvalue weighted by Crippen LogP contribution is -2.33. The lowest BCUT2D eigenvalue weighted by Gasteiger charge is -2.08. The molecule has 0 atom stereocenters. The van der Waals surface area contributed by atoms with Crippen LogP contribution in [0.15, 0.2) is 29.2 Å². The quantitative estimate of drug-likeness (QED) is 0.841. The third-order valence-electron chi connectivity index (χ3n) is 1.93. The lowest BCUT2D eigenvalue weighted by atomic mass is 10.2. The molecule has 0 fully saturated rings. The Hall–Kier alpha value is -1.61. The SMILES string of the molecule is NC(=O)CNS(=O)(=O)c1ccc(C(F)(F)F)cc1. The highest BCUT2D eigenvalue weighted by Gasteiger charge is 2.30. The smallest absolute Gasteiger partial charge is 0.369 e. The second-order valence-corrected chi connectivity index (χ2v) is 5.08. The summed E-state index contributed by atoms with van der Waals surface area (Å²) < 4.78 is 61.6. The van der Waals surface area contributed by atoms with Crippen molar-refractivity contribution < 1.29 is 26.4 Å². The molecule has 0 aliphatic rings. The molecule has 1 amide bonds. The summed E-state index contributed by atoms with van der Waals surface area (Å²) in [5.41, 5.74) is 3.78. The Balaban J connectivity index is 2.95. The van der Waals surface area contributed by atoms with Crippen molar-refractivity contribution >= 4 is 15.9 Å². The molecule has 0 heterocycles. The third-order valence-corrected chi connectivity index (χ3v) is 3.35. The van der Waals surface area contributed by atoms with Crippen LogP contribution in [0.5, 0.6) is 0 Å². The van der Waals surface area contributed by atoms with Gasteiger partial charge in [-0.15, -0.1) is 0 Å². The molecule has 0 radical (unpaired) electrons. The molecule has 0 aliphatic heterocycles. The van der Waals surface area contributed by atoms with Crippen LogP contribution < -0.4 is 10.5 Å². The molecule has 1 aromatic carbocycles. The molecule has 9 heteroatoms. The maximum Gasteiger partial charge on any atom is 0.416 e. The number of alkyl halides is 3. The number of nitrogens with two attached hydrogens (primary N) is 1. The Kier molecular flexibility index (Phi) is 3.97. The first-order valence-corrected chi connectivity index (χ1v) is 6.06. The van der Waals surface area contributed by atoms with E-state index in [9.17, 15) is 26.4 Å². The zero-order chi connectivity index (χ0) is 14.0. The lowest BCUT2D eigenvalue weighted by molar-refractivity contribution is -0.137. The molecule has 100 valence electrons. The standard InChI is InChI=1S/C9H9F3N2O3S/c10-9(11,12)6-1-3-7(4-2-6)18(16,17)14-5-8(13)15/h1-4,14H,5H2,(H2,13,15). The minimum Gasteiger partial charge on any atom is -0.369 e. The molecular formula is C9H9F3N2O3S. The van der Waals surface area contributed by atoms with E-state index < -0.39 is 34.2 Å². The number of nitrogens with one attached hydrogen (secondary N) is 1. The number of benzene rings is 1. The zero-order valence-corrected chi connectivity index (χ0v) is 9.68. The molecule has 1 aromatic rings. The fraction of sp³-hybridized carbons (Fsp3) is 0.222. The van der Waals surface area contributed by atoms with E-state index >= 15 is 0 Å². The van der Waals surface area contributed by atoms with E-state index in [1.807, 2.05) is 4.72 Å². The van der Waals surface area contributed by atoms with E-state index in [1.54, 1.807) is 0 Å². The highest BCUT2D eigenvalue weighted by Crippen LogP contribution is 2.29. The average molecular weight is 282 g/mol. The average Bonchev–Trinajstić information content (AvgIpc) is 2.26. The number of hydrogen-bond acceptors (Lipinski definition) is 3. The van der Waals surface area contributed by atoms with Crippen molar-refractivity contribution in [1.82, 2.24) is 4.72 Å². The minimum absolute atomic E-state index is 0.378. The number of hydrogen-bond donors (Lipinski definition) is 2. The molecule has 1 rings (SSSR count). The van der Waals surface area contributed by atoms with E-state index in [4.69, 9.17) is 5.73 Å². The summed E-state index contributed by atoms with van der Waals surface area (Å²) in [7, 11) is -4.04. The zero-order valence-electron chi connectivity index (χ0n) is 8.86. The summed E-state index contributed by atoms with van der Waals surface area (Å²) in [5.74, 6) is -0.898. The number of carbonyl (C=O) groups excluding carboxylic acids is 1. The van der Waals surface area contributed by atoms with Gasteiger partial charge < -0.3 is 5.73 Å². The highest BCUT2D eigenvalue weighted by molar-refractivity contribution is 7.89. The molecule has 0 spiro atoms. The largest absolute Gasteiger partial charge is 0.416 e. The first-order chi connectivity index (χ1) is 8.13. The van der Waals surface area contributed by atoms with Crippen LogP contribution in [0.25, 0.3) is 0 Å². The maximum absolute atomic E-state index is 12.2. The van der Waals surface area contributed by atoms with Crippen LogP contribution in [0.2, 0.25) is 0 Å². The molecule has 3 N–H and O–H groups in total. The predicted octanol–water partition coefficient (Wildman–Crippen LogP) is 0.469. The van der Waals surface area contributed by atoms with E-state index in [1.165, 1.54) is 0 Å². The van der Waals surface area contributed by atoms with Crippen LogP contribution in [0.4, 0.5) is 13.2 Å². The Morgan fingerprint density at radius 2 is 1.72 bits per heavy atom. The summed E-state index contributed by atoms with van der Waals surface area (Å²) in [6.45, 7) is -0.622. The van der Waals surface area contributed by atoms with Crippen molar-refractivity contribution in [2.75, 3.05) is 6.54 Å². The minimum atomic E-state index is -4.54. The maximum atomic E-state index is 12.2. The van der Waals surface area contributed by atoms with Gasteiger partial charge in [-0.05, 0) is 24.3 Å². The summed E-state index contributed by atoms with van der Waals surface area (Å²) in [5, 5.41) is 0. The van der Waals surface area contributed by atoms with Gasteiger partial charge in [-0.2, -0.15) is 13.2 Å². The number of carbonyl (C=O) groups is 1. The van der Waals surface area contributed by atoms with Crippen LogP contribution in [-0.4, -0.2) is 20.9 Å².